The Bertz CT molecular complexity index is 941. The average molecular weight is 437 g/mol. The van der Waals surface area contributed by atoms with Crippen LogP contribution >= 0.6 is 0 Å². The van der Waals surface area contributed by atoms with Crippen molar-refractivity contribution in [1.82, 2.24) is 14.9 Å². The lowest BCUT2D eigenvalue weighted by Crippen LogP contribution is -2.48. The Balaban J connectivity index is 1.41. The first-order chi connectivity index (χ1) is 14.6. The van der Waals surface area contributed by atoms with Crippen molar-refractivity contribution in [2.24, 2.45) is 0 Å². The van der Waals surface area contributed by atoms with Crippen LogP contribution in [0.1, 0.15) is 43.8 Å². The van der Waals surface area contributed by atoms with Gasteiger partial charge < -0.3 is 14.2 Å². The maximum Gasteiger partial charge on any atom is 0.433 e. The van der Waals surface area contributed by atoms with Crippen LogP contribution < -0.4 is 14.2 Å². The number of fused-ring (bicyclic) bond motifs is 1. The van der Waals surface area contributed by atoms with Gasteiger partial charge in [-0.1, -0.05) is 0 Å². The highest BCUT2D eigenvalue weighted by atomic mass is 19.4. The van der Waals surface area contributed by atoms with Crippen LogP contribution in [0.2, 0.25) is 0 Å². The molecule has 2 aliphatic heterocycles. The van der Waals surface area contributed by atoms with Crippen molar-refractivity contribution >= 4 is 0 Å². The second-order valence-corrected chi connectivity index (χ2v) is 8.39. The molecule has 2 aromatic heterocycles. The second kappa shape index (κ2) is 8.18. The number of hydrogen-bond donors (Lipinski definition) is 0. The number of piperidine rings is 1. The third-order valence-electron chi connectivity index (χ3n) is 5.78. The van der Waals surface area contributed by atoms with Crippen LogP contribution in [0.3, 0.4) is 0 Å². The van der Waals surface area contributed by atoms with Gasteiger partial charge in [-0.15, -0.1) is 0 Å². The van der Waals surface area contributed by atoms with E-state index < -0.39 is 11.9 Å². The molecule has 0 atom stereocenters. The van der Waals surface area contributed by atoms with Gasteiger partial charge in [-0.2, -0.15) is 13.2 Å². The summed E-state index contributed by atoms with van der Waals surface area (Å²) in [5, 5.41) is 0. The summed E-state index contributed by atoms with van der Waals surface area (Å²) >= 11 is 0. The first kappa shape index (κ1) is 21.7. The molecule has 6 nitrogen and oxygen atoms in total. The monoisotopic (exact) mass is 437 g/mol. The molecular formula is C22H26F3N3O3. The van der Waals surface area contributed by atoms with Gasteiger partial charge in [0, 0.05) is 30.9 Å². The van der Waals surface area contributed by atoms with Gasteiger partial charge in [0.1, 0.15) is 30.8 Å². The Hall–Kier alpha value is -2.55. The van der Waals surface area contributed by atoms with Crippen molar-refractivity contribution in [3.63, 3.8) is 0 Å². The average Bonchev–Trinajstić information content (AvgIpc) is 2.73. The molecule has 2 aromatic rings. The summed E-state index contributed by atoms with van der Waals surface area (Å²) in [6, 6.07) is 6.36. The highest BCUT2D eigenvalue weighted by Crippen LogP contribution is 2.36. The third-order valence-corrected chi connectivity index (χ3v) is 5.78. The van der Waals surface area contributed by atoms with Gasteiger partial charge >= 0.3 is 6.18 Å². The lowest BCUT2D eigenvalue weighted by atomic mass is 9.93. The van der Waals surface area contributed by atoms with E-state index in [1.54, 1.807) is 6.07 Å². The molecule has 0 spiro atoms. The van der Waals surface area contributed by atoms with Crippen LogP contribution in [0.4, 0.5) is 13.2 Å². The van der Waals surface area contributed by atoms with Gasteiger partial charge in [-0.25, -0.2) is 9.97 Å². The Morgan fingerprint density at radius 1 is 1.00 bits per heavy atom. The van der Waals surface area contributed by atoms with Gasteiger partial charge in [0.2, 0.25) is 0 Å². The van der Waals surface area contributed by atoms with Crippen molar-refractivity contribution < 1.29 is 27.4 Å². The molecular weight excluding hydrogens is 411 g/mol. The Morgan fingerprint density at radius 2 is 1.71 bits per heavy atom. The zero-order chi connectivity index (χ0) is 22.2. The minimum atomic E-state index is -4.49. The van der Waals surface area contributed by atoms with Crippen molar-refractivity contribution in [3.8, 4) is 17.4 Å². The fraction of sp³-hybridized carbons (Fsp3) is 0.545. The molecule has 168 valence electrons. The van der Waals surface area contributed by atoms with E-state index in [0.717, 1.165) is 24.8 Å². The highest BCUT2D eigenvalue weighted by Gasteiger charge is 2.36. The molecule has 0 aromatic carbocycles. The predicted octanol–water partition coefficient (Wildman–Crippen LogP) is 4.35. The number of likely N-dealkylation sites (tertiary alicyclic amines) is 1. The normalized spacial score (nSPS) is 18.1. The summed E-state index contributed by atoms with van der Waals surface area (Å²) < 4.78 is 56.1. The molecule has 0 N–H and O–H groups in total. The minimum absolute atomic E-state index is 0.150. The van der Waals surface area contributed by atoms with Crippen molar-refractivity contribution in [2.75, 3.05) is 26.3 Å². The smallest absolute Gasteiger partial charge is 0.433 e. The number of ether oxygens (including phenoxy) is 3. The molecule has 9 heteroatoms. The standard InChI is InChI=1S/C22H26F3N3O3/c1-14-12-16(13-19(26-14)22(23,24)25)31-15-6-8-28(9-7-15)21(2,3)18-5-4-17-20(27-18)30-11-10-29-17/h4-5,12-13,15H,6-11H2,1-3H3. The molecule has 31 heavy (non-hydrogen) atoms. The lowest BCUT2D eigenvalue weighted by molar-refractivity contribution is -0.141. The lowest BCUT2D eigenvalue weighted by Gasteiger charge is -2.42. The van der Waals surface area contributed by atoms with E-state index in [1.807, 2.05) is 12.1 Å². The summed E-state index contributed by atoms with van der Waals surface area (Å²) in [5.74, 6) is 1.39. The number of pyridine rings is 2. The number of alkyl halides is 3. The maximum absolute atomic E-state index is 13.0. The van der Waals surface area contributed by atoms with Crippen LogP contribution in [-0.2, 0) is 11.7 Å². The van der Waals surface area contributed by atoms with Gasteiger partial charge in [0.15, 0.2) is 5.75 Å². The van der Waals surface area contributed by atoms with E-state index in [2.05, 4.69) is 28.7 Å². The Labute approximate surface area is 179 Å². The van der Waals surface area contributed by atoms with E-state index in [1.165, 1.54) is 6.92 Å². The fourth-order valence-electron chi connectivity index (χ4n) is 4.01. The molecule has 1 saturated heterocycles. The Morgan fingerprint density at radius 3 is 2.42 bits per heavy atom. The molecule has 0 saturated carbocycles. The topological polar surface area (TPSA) is 56.7 Å². The van der Waals surface area contributed by atoms with E-state index in [-0.39, 0.29) is 23.1 Å². The van der Waals surface area contributed by atoms with Crippen LogP contribution in [0.5, 0.6) is 17.4 Å². The van der Waals surface area contributed by atoms with E-state index in [0.29, 0.717) is 37.7 Å². The summed E-state index contributed by atoms with van der Waals surface area (Å²) in [7, 11) is 0. The largest absolute Gasteiger partial charge is 0.490 e. The summed E-state index contributed by atoms with van der Waals surface area (Å²) in [4.78, 5) is 10.5. The molecule has 4 rings (SSSR count). The van der Waals surface area contributed by atoms with Crippen LogP contribution in [0, 0.1) is 6.92 Å². The van der Waals surface area contributed by atoms with E-state index >= 15 is 0 Å². The summed E-state index contributed by atoms with van der Waals surface area (Å²) in [5.41, 5.74) is -0.0909. The van der Waals surface area contributed by atoms with E-state index in [9.17, 15) is 13.2 Å². The van der Waals surface area contributed by atoms with Crippen molar-refractivity contribution in [2.45, 2.75) is 51.4 Å². The molecule has 4 heterocycles. The number of nitrogens with zero attached hydrogens (tertiary/aromatic N) is 3. The molecule has 0 amide bonds. The number of aromatic nitrogens is 2. The highest BCUT2D eigenvalue weighted by molar-refractivity contribution is 5.37. The molecule has 0 bridgehead atoms. The molecule has 1 fully saturated rings. The number of halogens is 3. The van der Waals surface area contributed by atoms with Gasteiger partial charge in [-0.05, 0) is 45.7 Å². The molecule has 0 radical (unpaired) electrons. The Kier molecular flexibility index (Phi) is 5.72. The number of rotatable bonds is 4. The fourth-order valence-corrected chi connectivity index (χ4v) is 4.01. The quantitative estimate of drug-likeness (QED) is 0.709. The first-order valence-electron chi connectivity index (χ1n) is 10.4. The van der Waals surface area contributed by atoms with Crippen LogP contribution in [-0.4, -0.2) is 47.3 Å². The van der Waals surface area contributed by atoms with Crippen molar-refractivity contribution in [3.05, 3.63) is 41.3 Å². The minimum Gasteiger partial charge on any atom is -0.490 e. The van der Waals surface area contributed by atoms with Crippen LogP contribution in [0.25, 0.3) is 0 Å². The summed E-state index contributed by atoms with van der Waals surface area (Å²) in [6.45, 7) is 8.23. The second-order valence-electron chi connectivity index (χ2n) is 8.39. The third kappa shape index (κ3) is 4.71. The zero-order valence-corrected chi connectivity index (χ0v) is 17.8. The number of aryl methyl sites for hydroxylation is 1. The van der Waals surface area contributed by atoms with Gasteiger partial charge in [0.25, 0.3) is 5.88 Å². The van der Waals surface area contributed by atoms with Crippen LogP contribution in [0.15, 0.2) is 24.3 Å². The molecule has 2 aliphatic rings. The number of hydrogen-bond acceptors (Lipinski definition) is 6. The maximum atomic E-state index is 13.0. The first-order valence-corrected chi connectivity index (χ1v) is 10.4. The van der Waals surface area contributed by atoms with E-state index in [4.69, 9.17) is 14.2 Å². The SMILES string of the molecule is Cc1cc(OC2CCN(C(C)(C)c3ccc4c(n3)OCCO4)CC2)cc(C(F)(F)F)n1. The molecule has 0 aliphatic carbocycles. The predicted molar refractivity (Wildman–Crippen MR) is 107 cm³/mol. The summed E-state index contributed by atoms with van der Waals surface area (Å²) in [6.07, 6.45) is -3.23. The molecule has 0 unspecified atom stereocenters. The zero-order valence-electron chi connectivity index (χ0n) is 17.8. The van der Waals surface area contributed by atoms with Gasteiger partial charge in [0.05, 0.1) is 11.2 Å². The van der Waals surface area contributed by atoms with Crippen molar-refractivity contribution in [1.29, 1.82) is 0 Å². The van der Waals surface area contributed by atoms with Gasteiger partial charge in [-0.3, -0.25) is 4.90 Å².